The van der Waals surface area contributed by atoms with Crippen LogP contribution in [0.3, 0.4) is 0 Å². The van der Waals surface area contributed by atoms with Crippen LogP contribution in [0, 0.1) is 0 Å². The zero-order valence-electron chi connectivity index (χ0n) is 20.9. The summed E-state index contributed by atoms with van der Waals surface area (Å²) in [6.45, 7) is 2.65. The van der Waals surface area contributed by atoms with Crippen molar-refractivity contribution in [2.45, 2.75) is 37.5 Å². The van der Waals surface area contributed by atoms with Crippen LogP contribution in [0.25, 0.3) is 0 Å². The Labute approximate surface area is 235 Å². The zero-order valence-corrected chi connectivity index (χ0v) is 24.1. The van der Waals surface area contributed by atoms with Crippen LogP contribution in [0.5, 0.6) is 11.6 Å². The van der Waals surface area contributed by atoms with E-state index in [2.05, 4.69) is 48.2 Å². The first kappa shape index (κ1) is 29.3. The number of benzene rings is 2. The average Bonchev–Trinajstić information content (AvgIpc) is 2.89. The van der Waals surface area contributed by atoms with Crippen LogP contribution in [0.2, 0.25) is 0 Å². The van der Waals surface area contributed by atoms with Gasteiger partial charge in [0.25, 0.3) is 21.8 Å². The molecule has 0 aliphatic heterocycles. The number of thiocarbonyl (C=S) groups is 1. The normalized spacial score (nSPS) is 10.9. The maximum Gasteiger partial charge on any atom is 0.263 e. The Morgan fingerprint density at radius 1 is 1.05 bits per heavy atom. The topological polar surface area (TPSA) is 132 Å². The number of nitrogens with zero attached hydrogens (tertiary/aromatic N) is 2. The molecule has 3 N–H and O–H groups in total. The van der Waals surface area contributed by atoms with E-state index in [1.807, 2.05) is 0 Å². The number of amides is 1. The molecule has 0 unspecified atom stereocenters. The Kier molecular flexibility index (Phi) is 10.8. The summed E-state index contributed by atoms with van der Waals surface area (Å²) in [5, 5.41) is 5.56. The SMILES string of the molecule is CCCCCCOc1ccc(Br)cc1C(=O)NC(=S)Nc1ccc(S(=O)(=O)Nc2nccnc2OC)cc1. The predicted octanol–water partition coefficient (Wildman–Crippen LogP) is 5.13. The lowest BCUT2D eigenvalue weighted by molar-refractivity contribution is 0.0973. The fraction of sp³-hybridized carbons (Fsp3) is 0.280. The molecule has 0 atom stereocenters. The summed E-state index contributed by atoms with van der Waals surface area (Å²) in [5.41, 5.74) is 0.818. The molecule has 1 heterocycles. The van der Waals surface area contributed by atoms with Crippen molar-refractivity contribution in [3.63, 3.8) is 0 Å². The summed E-state index contributed by atoms with van der Waals surface area (Å²) in [7, 11) is -2.59. The van der Waals surface area contributed by atoms with Gasteiger partial charge in [-0.1, -0.05) is 42.1 Å². The van der Waals surface area contributed by atoms with Crippen molar-refractivity contribution in [2.24, 2.45) is 0 Å². The molecule has 10 nitrogen and oxygen atoms in total. The van der Waals surface area contributed by atoms with Crippen LogP contribution in [0.15, 0.2) is 64.2 Å². The fourth-order valence-corrected chi connectivity index (χ4v) is 4.88. The Hall–Kier alpha value is -3.29. The number of rotatable bonds is 12. The third-order valence-corrected chi connectivity index (χ3v) is 7.23. The fourth-order valence-electron chi connectivity index (χ4n) is 3.30. The minimum atomic E-state index is -3.95. The molecule has 38 heavy (non-hydrogen) atoms. The van der Waals surface area contributed by atoms with Gasteiger partial charge in [0.05, 0.1) is 24.2 Å². The van der Waals surface area contributed by atoms with Gasteiger partial charge in [0, 0.05) is 22.6 Å². The number of halogens is 1. The van der Waals surface area contributed by atoms with Crippen LogP contribution in [0.1, 0.15) is 43.0 Å². The summed E-state index contributed by atoms with van der Waals surface area (Å²) in [6, 6.07) is 11.0. The lowest BCUT2D eigenvalue weighted by atomic mass is 10.2. The first-order valence-corrected chi connectivity index (χ1v) is 14.4. The van der Waals surface area contributed by atoms with Gasteiger partial charge >= 0.3 is 0 Å². The van der Waals surface area contributed by atoms with Gasteiger partial charge in [-0.25, -0.2) is 18.4 Å². The molecule has 13 heteroatoms. The van der Waals surface area contributed by atoms with Gasteiger partial charge in [0.2, 0.25) is 5.82 Å². The van der Waals surface area contributed by atoms with E-state index < -0.39 is 15.9 Å². The van der Waals surface area contributed by atoms with E-state index in [0.717, 1.165) is 30.2 Å². The molecule has 0 radical (unpaired) electrons. The molecule has 0 saturated carbocycles. The van der Waals surface area contributed by atoms with E-state index in [9.17, 15) is 13.2 Å². The van der Waals surface area contributed by atoms with E-state index in [1.54, 1.807) is 18.2 Å². The highest BCUT2D eigenvalue weighted by Crippen LogP contribution is 2.24. The summed E-state index contributed by atoms with van der Waals surface area (Å²) >= 11 is 8.67. The summed E-state index contributed by atoms with van der Waals surface area (Å²) in [5.74, 6) is 0.0457. The first-order valence-electron chi connectivity index (χ1n) is 11.8. The van der Waals surface area contributed by atoms with E-state index in [1.165, 1.54) is 43.8 Å². The van der Waals surface area contributed by atoms with Crippen LogP contribution < -0.4 is 24.8 Å². The van der Waals surface area contributed by atoms with Gasteiger partial charge in [0.15, 0.2) is 5.11 Å². The second-order valence-corrected chi connectivity index (χ2v) is 11.0. The highest BCUT2D eigenvalue weighted by atomic mass is 79.9. The third kappa shape index (κ3) is 8.36. The van der Waals surface area contributed by atoms with Crippen LogP contribution >= 0.6 is 28.1 Å². The number of carbonyl (C=O) groups excluding carboxylic acids is 1. The number of ether oxygens (including phenoxy) is 2. The number of carbonyl (C=O) groups is 1. The van der Waals surface area contributed by atoms with Gasteiger partial charge in [-0.3, -0.25) is 14.8 Å². The first-order chi connectivity index (χ1) is 18.2. The number of unbranched alkanes of at least 4 members (excludes halogenated alkanes) is 3. The van der Waals surface area contributed by atoms with Gasteiger partial charge < -0.3 is 14.8 Å². The van der Waals surface area contributed by atoms with E-state index >= 15 is 0 Å². The van der Waals surface area contributed by atoms with Gasteiger partial charge in [-0.15, -0.1) is 0 Å². The molecule has 202 valence electrons. The summed E-state index contributed by atoms with van der Waals surface area (Å²) in [4.78, 5) is 20.8. The Morgan fingerprint density at radius 2 is 1.79 bits per heavy atom. The largest absolute Gasteiger partial charge is 0.493 e. The standard InChI is InChI=1S/C25H28BrN5O5S2/c1-3-4-5-6-15-36-21-12-7-17(26)16-20(21)23(32)30-25(37)29-18-8-10-19(11-9-18)38(33,34)31-22-24(35-2)28-14-13-27-22/h7-14,16H,3-6,15H2,1-2H3,(H,27,31)(H2,29,30,32,37). The van der Waals surface area contributed by atoms with Crippen molar-refractivity contribution in [1.29, 1.82) is 0 Å². The van der Waals surface area contributed by atoms with Crippen molar-refractivity contribution in [1.82, 2.24) is 15.3 Å². The van der Waals surface area contributed by atoms with Crippen molar-refractivity contribution < 1.29 is 22.7 Å². The Morgan fingerprint density at radius 3 is 2.50 bits per heavy atom. The maximum absolute atomic E-state index is 12.9. The summed E-state index contributed by atoms with van der Waals surface area (Å²) < 4.78 is 39.4. The molecular formula is C25H28BrN5O5S2. The van der Waals surface area contributed by atoms with E-state index in [0.29, 0.717) is 23.6 Å². The minimum absolute atomic E-state index is 0.0134. The number of hydrogen-bond acceptors (Lipinski definition) is 8. The quantitative estimate of drug-likeness (QED) is 0.186. The van der Waals surface area contributed by atoms with Crippen LogP contribution in [-0.4, -0.2) is 43.1 Å². The smallest absolute Gasteiger partial charge is 0.263 e. The monoisotopic (exact) mass is 621 g/mol. The number of methoxy groups -OCH3 is 1. The second kappa shape index (κ2) is 14.0. The van der Waals surface area contributed by atoms with Gasteiger partial charge in [-0.2, -0.15) is 0 Å². The van der Waals surface area contributed by atoms with Crippen molar-refractivity contribution in [2.75, 3.05) is 23.8 Å². The second-order valence-electron chi connectivity index (χ2n) is 8.00. The molecule has 1 aromatic heterocycles. The molecule has 0 aliphatic carbocycles. The number of aromatic nitrogens is 2. The summed E-state index contributed by atoms with van der Waals surface area (Å²) in [6.07, 6.45) is 6.96. The number of hydrogen-bond donors (Lipinski definition) is 3. The highest BCUT2D eigenvalue weighted by Gasteiger charge is 2.19. The van der Waals surface area contributed by atoms with Crippen LogP contribution in [-0.2, 0) is 10.0 Å². The molecule has 3 aromatic rings. The third-order valence-electron chi connectivity index (χ3n) is 5.18. The Bertz CT molecular complexity index is 1370. The van der Waals surface area contributed by atoms with E-state index in [4.69, 9.17) is 21.7 Å². The average molecular weight is 623 g/mol. The predicted molar refractivity (Wildman–Crippen MR) is 153 cm³/mol. The molecule has 1 amide bonds. The lowest BCUT2D eigenvalue weighted by Crippen LogP contribution is -2.34. The minimum Gasteiger partial charge on any atom is -0.493 e. The van der Waals surface area contributed by atoms with Crippen molar-refractivity contribution >= 4 is 60.7 Å². The van der Waals surface area contributed by atoms with Crippen LogP contribution in [0.4, 0.5) is 11.5 Å². The van der Waals surface area contributed by atoms with Gasteiger partial charge in [0.1, 0.15) is 5.75 Å². The molecule has 0 aliphatic rings. The molecule has 2 aromatic carbocycles. The molecule has 0 fully saturated rings. The molecule has 0 bridgehead atoms. The maximum atomic E-state index is 12.9. The number of sulfonamides is 1. The number of anilines is 2. The number of nitrogens with one attached hydrogen (secondary N) is 3. The van der Waals surface area contributed by atoms with Crippen molar-refractivity contribution in [3.05, 3.63) is 64.9 Å². The molecule has 0 spiro atoms. The molecule has 0 saturated heterocycles. The highest BCUT2D eigenvalue weighted by molar-refractivity contribution is 9.10. The zero-order chi connectivity index (χ0) is 27.5. The molecule has 3 rings (SSSR count). The van der Waals surface area contributed by atoms with E-state index in [-0.39, 0.29) is 21.7 Å². The van der Waals surface area contributed by atoms with Crippen molar-refractivity contribution in [3.8, 4) is 11.6 Å². The Balaban J connectivity index is 1.62. The van der Waals surface area contributed by atoms with Gasteiger partial charge in [-0.05, 0) is 61.1 Å². The lowest BCUT2D eigenvalue weighted by Gasteiger charge is -2.14. The molecular weight excluding hydrogens is 594 g/mol.